The summed E-state index contributed by atoms with van der Waals surface area (Å²) >= 11 is 0. The molecule has 102 valence electrons. The molecule has 0 heterocycles. The lowest BCUT2D eigenvalue weighted by Gasteiger charge is -2.24. The molecule has 1 atom stereocenters. The van der Waals surface area contributed by atoms with Gasteiger partial charge in [0.1, 0.15) is 5.54 Å². The second-order valence-electron chi connectivity index (χ2n) is 4.68. The van der Waals surface area contributed by atoms with Crippen LogP contribution in [-0.2, 0) is 9.53 Å². The van der Waals surface area contributed by atoms with E-state index in [9.17, 15) is 4.79 Å². The van der Waals surface area contributed by atoms with Gasteiger partial charge in [0, 0.05) is 0 Å². The molecule has 17 heavy (non-hydrogen) atoms. The van der Waals surface area contributed by atoms with Gasteiger partial charge < -0.3 is 15.4 Å². The molecule has 0 amide bonds. The molecule has 0 aromatic heterocycles. The standard InChI is InChI=1S/C13H28N2O2/c1-5-10-15(6-2)11-8-9-13(4,14)12(16)17-7-3/h5-11,14H2,1-4H3. The Morgan fingerprint density at radius 1 is 1.29 bits per heavy atom. The van der Waals surface area contributed by atoms with E-state index in [0.29, 0.717) is 13.0 Å². The van der Waals surface area contributed by atoms with Crippen LogP contribution in [0.2, 0.25) is 0 Å². The van der Waals surface area contributed by atoms with Gasteiger partial charge in [0.2, 0.25) is 0 Å². The summed E-state index contributed by atoms with van der Waals surface area (Å²) in [4.78, 5) is 14.0. The number of nitrogens with zero attached hydrogens (tertiary/aromatic N) is 1. The first kappa shape index (κ1) is 16.4. The smallest absolute Gasteiger partial charge is 0.325 e. The van der Waals surface area contributed by atoms with Crippen molar-refractivity contribution in [3.8, 4) is 0 Å². The number of ether oxygens (including phenoxy) is 1. The van der Waals surface area contributed by atoms with E-state index in [1.54, 1.807) is 13.8 Å². The zero-order chi connectivity index (χ0) is 13.3. The lowest BCUT2D eigenvalue weighted by molar-refractivity contribution is -0.149. The number of hydrogen-bond donors (Lipinski definition) is 1. The fourth-order valence-electron chi connectivity index (χ4n) is 1.81. The number of hydrogen-bond acceptors (Lipinski definition) is 4. The molecule has 0 fully saturated rings. The summed E-state index contributed by atoms with van der Waals surface area (Å²) in [6.07, 6.45) is 2.76. The topological polar surface area (TPSA) is 55.6 Å². The van der Waals surface area contributed by atoms with Crippen LogP contribution in [-0.4, -0.2) is 42.6 Å². The van der Waals surface area contributed by atoms with Crippen molar-refractivity contribution in [2.75, 3.05) is 26.2 Å². The molecule has 4 nitrogen and oxygen atoms in total. The third kappa shape index (κ3) is 6.64. The summed E-state index contributed by atoms with van der Waals surface area (Å²) in [5.74, 6) is -0.293. The normalized spacial score (nSPS) is 14.7. The second kappa shape index (κ2) is 8.48. The van der Waals surface area contributed by atoms with Crippen LogP contribution in [0.4, 0.5) is 0 Å². The molecule has 1 unspecified atom stereocenters. The minimum atomic E-state index is -0.846. The minimum Gasteiger partial charge on any atom is -0.465 e. The molecule has 0 saturated heterocycles. The quantitative estimate of drug-likeness (QED) is 0.628. The van der Waals surface area contributed by atoms with Crippen LogP contribution in [0.15, 0.2) is 0 Å². The zero-order valence-corrected chi connectivity index (χ0v) is 11.8. The summed E-state index contributed by atoms with van der Waals surface area (Å²) in [5, 5.41) is 0. The van der Waals surface area contributed by atoms with E-state index < -0.39 is 5.54 Å². The van der Waals surface area contributed by atoms with Crippen molar-refractivity contribution in [2.24, 2.45) is 5.73 Å². The summed E-state index contributed by atoms with van der Waals surface area (Å²) in [7, 11) is 0. The Balaban J connectivity index is 3.96. The Bertz CT molecular complexity index is 217. The molecule has 0 aliphatic heterocycles. The van der Waals surface area contributed by atoms with Crippen molar-refractivity contribution in [3.63, 3.8) is 0 Å². The van der Waals surface area contributed by atoms with Gasteiger partial charge in [-0.2, -0.15) is 0 Å². The van der Waals surface area contributed by atoms with Crippen molar-refractivity contribution < 1.29 is 9.53 Å². The van der Waals surface area contributed by atoms with Crippen LogP contribution in [0.1, 0.15) is 47.0 Å². The number of carbonyl (C=O) groups excluding carboxylic acids is 1. The molecule has 0 aliphatic rings. The van der Waals surface area contributed by atoms with Gasteiger partial charge in [-0.15, -0.1) is 0 Å². The van der Waals surface area contributed by atoms with Crippen LogP contribution in [0.3, 0.4) is 0 Å². The van der Waals surface area contributed by atoms with Gasteiger partial charge in [0.25, 0.3) is 0 Å². The van der Waals surface area contributed by atoms with E-state index >= 15 is 0 Å². The Morgan fingerprint density at radius 2 is 1.94 bits per heavy atom. The van der Waals surface area contributed by atoms with E-state index in [2.05, 4.69) is 18.7 Å². The first-order chi connectivity index (χ1) is 7.97. The average Bonchev–Trinajstić information content (AvgIpc) is 2.28. The molecule has 0 aromatic rings. The molecule has 2 N–H and O–H groups in total. The third-order valence-corrected chi connectivity index (χ3v) is 2.90. The molecule has 0 aliphatic carbocycles. The molecular weight excluding hydrogens is 216 g/mol. The van der Waals surface area contributed by atoms with Crippen LogP contribution in [0, 0.1) is 0 Å². The highest BCUT2D eigenvalue weighted by Gasteiger charge is 2.29. The number of rotatable bonds is 9. The highest BCUT2D eigenvalue weighted by Crippen LogP contribution is 2.12. The van der Waals surface area contributed by atoms with Crippen molar-refractivity contribution in [1.29, 1.82) is 0 Å². The average molecular weight is 244 g/mol. The van der Waals surface area contributed by atoms with Crippen molar-refractivity contribution in [2.45, 2.75) is 52.5 Å². The number of nitrogens with two attached hydrogens (primary N) is 1. The first-order valence-corrected chi connectivity index (χ1v) is 6.66. The predicted molar refractivity (Wildman–Crippen MR) is 70.9 cm³/mol. The lowest BCUT2D eigenvalue weighted by atomic mass is 9.97. The van der Waals surface area contributed by atoms with Gasteiger partial charge in [-0.25, -0.2) is 0 Å². The molecule has 0 aromatic carbocycles. The summed E-state index contributed by atoms with van der Waals surface area (Å²) < 4.78 is 4.96. The molecule has 0 saturated carbocycles. The summed E-state index contributed by atoms with van der Waals surface area (Å²) in [5.41, 5.74) is 5.11. The summed E-state index contributed by atoms with van der Waals surface area (Å²) in [6.45, 7) is 11.4. The van der Waals surface area contributed by atoms with Crippen LogP contribution < -0.4 is 5.73 Å². The SMILES string of the molecule is CCCN(CC)CCCC(C)(N)C(=O)OCC. The molecular formula is C13H28N2O2. The maximum Gasteiger partial charge on any atom is 0.325 e. The van der Waals surface area contributed by atoms with Gasteiger partial charge in [0.15, 0.2) is 0 Å². The highest BCUT2D eigenvalue weighted by atomic mass is 16.5. The first-order valence-electron chi connectivity index (χ1n) is 6.66. The summed E-state index contributed by atoms with van der Waals surface area (Å²) in [6, 6.07) is 0. The fraction of sp³-hybridized carbons (Fsp3) is 0.923. The van der Waals surface area contributed by atoms with Gasteiger partial charge in [-0.1, -0.05) is 13.8 Å². The van der Waals surface area contributed by atoms with E-state index in [1.165, 1.54) is 0 Å². The second-order valence-corrected chi connectivity index (χ2v) is 4.68. The molecule has 4 heteroatoms. The number of carbonyl (C=O) groups is 1. The Hall–Kier alpha value is -0.610. The van der Waals surface area contributed by atoms with Gasteiger partial charge in [-0.3, -0.25) is 4.79 Å². The Labute approximate surface area is 105 Å². The van der Waals surface area contributed by atoms with Crippen molar-refractivity contribution in [3.05, 3.63) is 0 Å². The van der Waals surface area contributed by atoms with Crippen LogP contribution in [0.5, 0.6) is 0 Å². The fourth-order valence-corrected chi connectivity index (χ4v) is 1.81. The van der Waals surface area contributed by atoms with E-state index in [4.69, 9.17) is 10.5 Å². The van der Waals surface area contributed by atoms with Gasteiger partial charge in [-0.05, 0) is 52.7 Å². The predicted octanol–water partition coefficient (Wildman–Crippen LogP) is 1.78. The monoisotopic (exact) mass is 244 g/mol. The van der Waals surface area contributed by atoms with Gasteiger partial charge >= 0.3 is 5.97 Å². The zero-order valence-electron chi connectivity index (χ0n) is 11.8. The minimum absolute atomic E-state index is 0.293. The van der Waals surface area contributed by atoms with E-state index in [0.717, 1.165) is 32.5 Å². The van der Waals surface area contributed by atoms with E-state index in [1.807, 2.05) is 0 Å². The highest BCUT2D eigenvalue weighted by molar-refractivity contribution is 5.79. The largest absolute Gasteiger partial charge is 0.465 e. The van der Waals surface area contributed by atoms with Crippen LogP contribution >= 0.6 is 0 Å². The molecule has 0 radical (unpaired) electrons. The molecule has 0 rings (SSSR count). The van der Waals surface area contributed by atoms with Crippen molar-refractivity contribution >= 4 is 5.97 Å². The molecule has 0 bridgehead atoms. The van der Waals surface area contributed by atoms with E-state index in [-0.39, 0.29) is 5.97 Å². The maximum absolute atomic E-state index is 11.6. The Morgan fingerprint density at radius 3 is 2.41 bits per heavy atom. The Kier molecular flexibility index (Phi) is 8.17. The number of esters is 1. The van der Waals surface area contributed by atoms with Gasteiger partial charge in [0.05, 0.1) is 6.61 Å². The third-order valence-electron chi connectivity index (χ3n) is 2.90. The maximum atomic E-state index is 11.6. The van der Waals surface area contributed by atoms with Crippen molar-refractivity contribution in [1.82, 2.24) is 4.90 Å². The lowest BCUT2D eigenvalue weighted by Crippen LogP contribution is -2.46. The molecule has 0 spiro atoms. The van der Waals surface area contributed by atoms with Crippen LogP contribution in [0.25, 0.3) is 0 Å².